The summed E-state index contributed by atoms with van der Waals surface area (Å²) in [5, 5.41) is 14.3. The molecule has 0 aliphatic carbocycles. The van der Waals surface area contributed by atoms with Gasteiger partial charge in [0.15, 0.2) is 0 Å². The monoisotopic (exact) mass is 312 g/mol. The number of nitro groups is 1. The van der Waals surface area contributed by atoms with Crippen molar-refractivity contribution in [1.82, 2.24) is 9.97 Å². The molecule has 22 heavy (non-hydrogen) atoms. The number of ether oxygens (including phenoxy) is 1. The van der Waals surface area contributed by atoms with E-state index < -0.39 is 4.92 Å². The Bertz CT molecular complexity index is 532. The third-order valence-electron chi connectivity index (χ3n) is 3.58. The van der Waals surface area contributed by atoms with Crippen molar-refractivity contribution in [2.24, 2.45) is 0 Å². The van der Waals surface area contributed by atoms with Crippen LogP contribution in [0.2, 0.25) is 0 Å². The molecule has 0 radical (unpaired) electrons. The first-order valence-corrected chi connectivity index (χ1v) is 7.14. The number of nitrogen functional groups attached to an aromatic ring is 1. The van der Waals surface area contributed by atoms with Gasteiger partial charge in [0.25, 0.3) is 0 Å². The highest BCUT2D eigenvalue weighted by atomic mass is 16.6. The Morgan fingerprint density at radius 1 is 1.45 bits per heavy atom. The van der Waals surface area contributed by atoms with Crippen LogP contribution in [-0.4, -0.2) is 68.4 Å². The molecule has 0 saturated carbocycles. The smallest absolute Gasteiger partial charge is 0.353 e. The fourth-order valence-electron chi connectivity index (χ4n) is 2.30. The minimum atomic E-state index is -0.519. The topological polar surface area (TPSA) is 124 Å². The minimum Gasteiger partial charge on any atom is -0.383 e. The molecule has 0 aromatic carbocycles. The van der Waals surface area contributed by atoms with Crippen molar-refractivity contribution in [3.63, 3.8) is 0 Å². The molecule has 0 amide bonds. The molecule has 10 heteroatoms. The molecule has 2 heterocycles. The normalized spacial score (nSPS) is 15.8. The molecular weight excluding hydrogens is 290 g/mol. The number of nitrogens with zero attached hydrogens (tertiary/aromatic N) is 4. The molecule has 0 bridgehead atoms. The lowest BCUT2D eigenvalue weighted by atomic mass is 10.3. The minimum absolute atomic E-state index is 0.124. The van der Waals surface area contributed by atoms with Crippen LogP contribution in [0.15, 0.2) is 0 Å². The largest absolute Gasteiger partial charge is 0.383 e. The zero-order valence-corrected chi connectivity index (χ0v) is 12.8. The third kappa shape index (κ3) is 3.71. The average Bonchev–Trinajstić information content (AvgIpc) is 2.47. The fraction of sp³-hybridized carbons (Fsp3) is 0.667. The number of piperazine rings is 1. The summed E-state index contributed by atoms with van der Waals surface area (Å²) in [4.78, 5) is 22.3. The van der Waals surface area contributed by atoms with Gasteiger partial charge in [-0.25, -0.2) is 0 Å². The van der Waals surface area contributed by atoms with E-state index in [0.717, 1.165) is 13.1 Å². The van der Waals surface area contributed by atoms with E-state index in [1.54, 1.807) is 7.11 Å². The third-order valence-corrected chi connectivity index (χ3v) is 3.58. The van der Waals surface area contributed by atoms with Crippen molar-refractivity contribution in [3.05, 3.63) is 10.1 Å². The quantitative estimate of drug-likeness (QED) is 0.325. The zero-order valence-electron chi connectivity index (χ0n) is 12.8. The summed E-state index contributed by atoms with van der Waals surface area (Å²) < 4.78 is 4.94. The Kier molecular flexibility index (Phi) is 5.28. The molecule has 1 saturated heterocycles. The summed E-state index contributed by atoms with van der Waals surface area (Å²) in [6.45, 7) is 4.16. The number of aromatic nitrogens is 2. The Hall–Kier alpha value is -2.20. The van der Waals surface area contributed by atoms with Gasteiger partial charge in [-0.2, -0.15) is 9.97 Å². The predicted molar refractivity (Wildman–Crippen MR) is 82.3 cm³/mol. The van der Waals surface area contributed by atoms with Gasteiger partial charge in [-0.1, -0.05) is 0 Å². The summed E-state index contributed by atoms with van der Waals surface area (Å²) >= 11 is 0. The number of likely N-dealkylation sites (N-methyl/N-ethyl adjacent to an activating group) is 1. The van der Waals surface area contributed by atoms with Crippen molar-refractivity contribution in [1.29, 1.82) is 0 Å². The molecule has 122 valence electrons. The van der Waals surface area contributed by atoms with E-state index >= 15 is 0 Å². The number of rotatable bonds is 6. The summed E-state index contributed by atoms with van der Waals surface area (Å²) in [5.41, 5.74) is 5.54. The van der Waals surface area contributed by atoms with Crippen LogP contribution in [0.1, 0.15) is 0 Å². The lowest BCUT2D eigenvalue weighted by Crippen LogP contribution is -3.12. The molecular formula is C12H22N7O3+. The molecule has 1 aromatic heterocycles. The molecule has 10 nitrogen and oxygen atoms in total. The predicted octanol–water partition coefficient (Wildman–Crippen LogP) is -1.64. The molecule has 1 aliphatic rings. The van der Waals surface area contributed by atoms with Crippen molar-refractivity contribution < 1.29 is 14.6 Å². The van der Waals surface area contributed by atoms with Gasteiger partial charge in [0.05, 0.1) is 44.8 Å². The molecule has 1 aliphatic heterocycles. The first-order valence-electron chi connectivity index (χ1n) is 7.14. The second-order valence-electron chi connectivity index (χ2n) is 5.23. The van der Waals surface area contributed by atoms with E-state index in [-0.39, 0.29) is 23.3 Å². The molecule has 4 N–H and O–H groups in total. The van der Waals surface area contributed by atoms with Crippen LogP contribution in [0.4, 0.5) is 23.3 Å². The average molecular weight is 312 g/mol. The molecule has 0 spiro atoms. The van der Waals surface area contributed by atoms with Crippen LogP contribution < -0.4 is 20.9 Å². The second-order valence-corrected chi connectivity index (χ2v) is 5.23. The van der Waals surface area contributed by atoms with Crippen LogP contribution in [0.3, 0.4) is 0 Å². The van der Waals surface area contributed by atoms with Gasteiger partial charge >= 0.3 is 5.69 Å². The number of quaternary nitrogens is 1. The van der Waals surface area contributed by atoms with Crippen molar-refractivity contribution in [3.8, 4) is 0 Å². The van der Waals surface area contributed by atoms with Gasteiger partial charge < -0.3 is 25.6 Å². The molecule has 1 aromatic rings. The number of hydrogen-bond donors (Lipinski definition) is 3. The second kappa shape index (κ2) is 7.18. The fourth-order valence-corrected chi connectivity index (χ4v) is 2.30. The Morgan fingerprint density at radius 3 is 2.73 bits per heavy atom. The Balaban J connectivity index is 2.29. The van der Waals surface area contributed by atoms with E-state index in [9.17, 15) is 10.1 Å². The molecule has 2 rings (SSSR count). The molecule has 1 fully saturated rings. The van der Waals surface area contributed by atoms with Gasteiger partial charge in [-0.3, -0.25) is 10.1 Å². The van der Waals surface area contributed by atoms with E-state index in [4.69, 9.17) is 10.5 Å². The van der Waals surface area contributed by atoms with E-state index in [1.165, 1.54) is 4.90 Å². The molecule has 0 unspecified atom stereocenters. The highest BCUT2D eigenvalue weighted by Crippen LogP contribution is 2.31. The lowest BCUT2D eigenvalue weighted by Gasteiger charge is -2.30. The Labute approximate surface area is 128 Å². The first kappa shape index (κ1) is 16.2. The van der Waals surface area contributed by atoms with Crippen molar-refractivity contribution in [2.45, 2.75) is 0 Å². The van der Waals surface area contributed by atoms with E-state index in [0.29, 0.717) is 26.2 Å². The van der Waals surface area contributed by atoms with Crippen LogP contribution >= 0.6 is 0 Å². The maximum Gasteiger partial charge on any atom is 0.353 e. The first-order chi connectivity index (χ1) is 10.5. The summed E-state index contributed by atoms with van der Waals surface area (Å²) in [7, 11) is 3.68. The number of nitrogens with one attached hydrogen (secondary N) is 2. The van der Waals surface area contributed by atoms with E-state index in [2.05, 4.69) is 22.3 Å². The van der Waals surface area contributed by atoms with Crippen LogP contribution in [0, 0.1) is 10.1 Å². The standard InChI is InChI=1S/C12H21N7O3/c1-17-4-6-18(7-5-17)11-9(19(20)21)10(13)15-12(16-11)14-3-8-22-2/h3-8H2,1-2H3,(H3,13,14,15,16)/p+1. The van der Waals surface area contributed by atoms with Gasteiger partial charge in [-0.15, -0.1) is 0 Å². The van der Waals surface area contributed by atoms with Gasteiger partial charge in [-0.05, 0) is 0 Å². The lowest BCUT2D eigenvalue weighted by molar-refractivity contribution is -0.880. The molecule has 0 atom stereocenters. The summed E-state index contributed by atoms with van der Waals surface area (Å²) in [5.74, 6) is 0.438. The van der Waals surface area contributed by atoms with Gasteiger partial charge in [0.2, 0.25) is 17.6 Å². The van der Waals surface area contributed by atoms with E-state index in [1.807, 2.05) is 4.90 Å². The number of nitrogens with two attached hydrogens (primary N) is 1. The summed E-state index contributed by atoms with van der Waals surface area (Å²) in [6.07, 6.45) is 0. The zero-order chi connectivity index (χ0) is 16.1. The number of anilines is 3. The van der Waals surface area contributed by atoms with Crippen LogP contribution in [-0.2, 0) is 4.74 Å². The summed E-state index contributed by atoms with van der Waals surface area (Å²) in [6, 6.07) is 0. The Morgan fingerprint density at radius 2 is 2.14 bits per heavy atom. The van der Waals surface area contributed by atoms with Crippen molar-refractivity contribution in [2.75, 3.05) is 69.4 Å². The van der Waals surface area contributed by atoms with Crippen LogP contribution in [0.25, 0.3) is 0 Å². The van der Waals surface area contributed by atoms with Crippen molar-refractivity contribution >= 4 is 23.3 Å². The van der Waals surface area contributed by atoms with Gasteiger partial charge in [0, 0.05) is 13.7 Å². The highest BCUT2D eigenvalue weighted by Gasteiger charge is 2.29. The number of methoxy groups -OCH3 is 1. The highest BCUT2D eigenvalue weighted by molar-refractivity contribution is 5.71. The SMILES string of the molecule is COCCNc1nc(N)c([N+](=O)[O-])c(N2CC[NH+](C)CC2)n1. The van der Waals surface area contributed by atoms with Gasteiger partial charge in [0.1, 0.15) is 0 Å². The number of hydrogen-bond acceptors (Lipinski definition) is 8. The maximum atomic E-state index is 11.3. The maximum absolute atomic E-state index is 11.3. The van der Waals surface area contributed by atoms with Crippen LogP contribution in [0.5, 0.6) is 0 Å².